The van der Waals surface area contributed by atoms with Gasteiger partial charge in [0.1, 0.15) is 6.42 Å². The maximum Gasteiger partial charge on any atom is 0.397 e. The minimum atomic E-state index is -4.45. The van der Waals surface area contributed by atoms with E-state index in [2.05, 4.69) is 19.6 Å². The molecule has 6 nitrogen and oxygen atoms in total. The average Bonchev–Trinajstić information content (AvgIpc) is 2.67. The number of hydrogen-bond acceptors (Lipinski definition) is 5. The zero-order chi connectivity index (χ0) is 25.6. The summed E-state index contributed by atoms with van der Waals surface area (Å²) in [7, 11) is -9.22. The van der Waals surface area contributed by atoms with Crippen molar-refractivity contribution in [2.75, 3.05) is 6.54 Å². The molecule has 1 heterocycles. The van der Waals surface area contributed by atoms with Crippen LogP contribution in [0.3, 0.4) is 0 Å². The summed E-state index contributed by atoms with van der Waals surface area (Å²) in [5.74, 6) is -0.759. The Morgan fingerprint density at radius 3 is 2.09 bits per heavy atom. The molecule has 1 aliphatic carbocycles. The number of hydrogen-bond donors (Lipinski definition) is 0. The zero-order valence-corrected chi connectivity index (χ0v) is 27.2. The predicted octanol–water partition coefficient (Wildman–Crippen LogP) is 4.90. The second-order valence-corrected chi connectivity index (χ2v) is 26.3. The lowest BCUT2D eigenvalue weighted by Gasteiger charge is -2.38. The minimum Gasteiger partial charge on any atom is -0.420 e. The van der Waals surface area contributed by atoms with Crippen molar-refractivity contribution in [2.45, 2.75) is 115 Å². The van der Waals surface area contributed by atoms with Crippen LogP contribution in [0.2, 0.25) is 57.4 Å². The molecule has 14 heteroatoms. The largest absolute Gasteiger partial charge is 0.420 e. The topological polar surface area (TPSA) is 57.2 Å². The normalized spacial score (nSPS) is 30.0. The summed E-state index contributed by atoms with van der Waals surface area (Å²) in [4.78, 5) is 14.1. The second kappa shape index (κ2) is 13.1. The van der Waals surface area contributed by atoms with Crippen LogP contribution in [0.1, 0.15) is 44.9 Å². The van der Waals surface area contributed by atoms with Gasteiger partial charge in [0.15, 0.2) is 0 Å². The molecule has 2 atom stereocenters. The highest BCUT2D eigenvalue weighted by Gasteiger charge is 2.41. The molecule has 1 amide bonds. The van der Waals surface area contributed by atoms with Crippen LogP contribution in [0.5, 0.6) is 0 Å². The lowest BCUT2D eigenvalue weighted by Crippen LogP contribution is -2.53. The van der Waals surface area contributed by atoms with Crippen molar-refractivity contribution in [1.82, 2.24) is 4.90 Å². The van der Waals surface area contributed by atoms with Gasteiger partial charge in [0.25, 0.3) is 27.9 Å². The summed E-state index contributed by atoms with van der Waals surface area (Å²) in [6.07, 6.45) is -0.333. The third kappa shape index (κ3) is 11.1. The molecule has 2 rings (SSSR count). The molecular weight excluding hydrogens is 532 g/mol. The number of nitrogens with zero attached hydrogens (tertiary/aromatic N) is 1. The molecule has 2 fully saturated rings. The molecule has 0 N–H and O–H groups in total. The summed E-state index contributed by atoms with van der Waals surface area (Å²) in [6, 6.07) is 2.85. The number of halogens is 3. The smallest absolute Gasteiger partial charge is 0.397 e. The monoisotopic (exact) mass is 575 g/mol. The van der Waals surface area contributed by atoms with E-state index in [0.29, 0.717) is 6.54 Å². The number of alkyl halides is 3. The van der Waals surface area contributed by atoms with Crippen LogP contribution in [0.4, 0.5) is 13.2 Å². The van der Waals surface area contributed by atoms with Crippen molar-refractivity contribution < 1.29 is 34.4 Å². The quantitative estimate of drug-likeness (QED) is 0.366. The molecule has 0 radical (unpaired) electrons. The van der Waals surface area contributed by atoms with Crippen LogP contribution in [0.15, 0.2) is 0 Å². The van der Waals surface area contributed by atoms with Crippen molar-refractivity contribution >= 4 is 50.4 Å². The van der Waals surface area contributed by atoms with Gasteiger partial charge in [0.05, 0.1) is 0 Å². The fraction of sp³-hybridized carbons (Fsp3) is 0.950. The SMILES string of the molecule is C[SiH]1O[SiH](C)O[Si](C)(CC[Si](C)(C)CCCN(C(=O)CC(F)(F)F)C2CCCCC2)O[SiH](C)O1. The van der Waals surface area contributed by atoms with Gasteiger partial charge >= 0.3 is 14.7 Å². The Morgan fingerprint density at radius 1 is 1.00 bits per heavy atom. The third-order valence-electron chi connectivity index (χ3n) is 6.79. The first kappa shape index (κ1) is 30.4. The summed E-state index contributed by atoms with van der Waals surface area (Å²) in [6.45, 7) is 13.3. The van der Waals surface area contributed by atoms with Gasteiger partial charge in [0.2, 0.25) is 5.91 Å². The standard InChI is InChI=1S/C20H44F3NO5Si5/c1-30-26-31(2)28-34(6,29-32(3)27-30)16-15-33(4,5)14-10-13-24(18-11-8-7-9-12-18)19(25)17-20(21,22)23/h18,30-32H,7-17H2,1-6H3. The Morgan fingerprint density at radius 2 is 1.56 bits per heavy atom. The van der Waals surface area contributed by atoms with Crippen molar-refractivity contribution in [3.8, 4) is 0 Å². The molecule has 0 aromatic carbocycles. The molecule has 2 aliphatic rings. The van der Waals surface area contributed by atoms with E-state index in [9.17, 15) is 18.0 Å². The molecule has 1 saturated heterocycles. The average molecular weight is 576 g/mol. The lowest BCUT2D eigenvalue weighted by molar-refractivity contribution is -0.163. The molecule has 2 unspecified atom stereocenters. The van der Waals surface area contributed by atoms with Gasteiger partial charge in [-0.3, -0.25) is 4.79 Å². The van der Waals surface area contributed by atoms with Crippen LogP contribution in [0.25, 0.3) is 0 Å². The zero-order valence-electron chi connectivity index (χ0n) is 21.7. The first-order valence-electron chi connectivity index (χ1n) is 12.7. The molecule has 34 heavy (non-hydrogen) atoms. The van der Waals surface area contributed by atoms with Crippen molar-refractivity contribution in [3.63, 3.8) is 0 Å². The molecule has 1 aliphatic heterocycles. The molecule has 1 saturated carbocycles. The van der Waals surface area contributed by atoms with Crippen LogP contribution >= 0.6 is 0 Å². The van der Waals surface area contributed by atoms with E-state index >= 15 is 0 Å². The molecule has 0 bridgehead atoms. The molecule has 0 aromatic rings. The summed E-state index contributed by atoms with van der Waals surface area (Å²) < 4.78 is 63.6. The van der Waals surface area contributed by atoms with E-state index < -0.39 is 63.0 Å². The van der Waals surface area contributed by atoms with Crippen LogP contribution in [0, 0.1) is 0 Å². The van der Waals surface area contributed by atoms with Gasteiger partial charge in [-0.1, -0.05) is 44.4 Å². The van der Waals surface area contributed by atoms with E-state index in [-0.39, 0.29) is 6.04 Å². The highest BCUT2D eigenvalue weighted by Crippen LogP contribution is 2.30. The summed E-state index contributed by atoms with van der Waals surface area (Å²) >= 11 is 0. The van der Waals surface area contributed by atoms with Gasteiger partial charge in [-0.2, -0.15) is 13.2 Å². The Labute approximate surface area is 210 Å². The number of carbonyl (C=O) groups is 1. The summed E-state index contributed by atoms with van der Waals surface area (Å²) in [5.41, 5.74) is 0. The first-order chi connectivity index (χ1) is 15.7. The highest BCUT2D eigenvalue weighted by molar-refractivity contribution is 6.83. The first-order valence-corrected chi connectivity index (χ1v) is 24.9. The predicted molar refractivity (Wildman–Crippen MR) is 141 cm³/mol. The summed E-state index contributed by atoms with van der Waals surface area (Å²) in [5, 5.41) is 0. The Balaban J connectivity index is 1.91. The van der Waals surface area contributed by atoms with Gasteiger partial charge in [-0.25, -0.2) is 0 Å². The molecule has 200 valence electrons. The third-order valence-corrected chi connectivity index (χ3v) is 24.5. The molecule has 0 spiro atoms. The van der Waals surface area contributed by atoms with E-state index in [1.54, 1.807) is 4.90 Å². The Hall–Kier alpha value is 0.184. The maximum absolute atomic E-state index is 12.9. The maximum atomic E-state index is 12.9. The van der Waals surface area contributed by atoms with Gasteiger partial charge in [-0.15, -0.1) is 0 Å². The Kier molecular flexibility index (Phi) is 11.7. The van der Waals surface area contributed by atoms with E-state index in [1.165, 1.54) is 0 Å². The van der Waals surface area contributed by atoms with Crippen LogP contribution < -0.4 is 0 Å². The van der Waals surface area contributed by atoms with Crippen LogP contribution in [-0.2, 0) is 21.3 Å². The van der Waals surface area contributed by atoms with E-state index in [4.69, 9.17) is 16.5 Å². The minimum absolute atomic E-state index is 0.0414. The van der Waals surface area contributed by atoms with E-state index in [0.717, 1.165) is 56.7 Å². The van der Waals surface area contributed by atoms with Crippen molar-refractivity contribution in [1.29, 1.82) is 0 Å². The van der Waals surface area contributed by atoms with Crippen molar-refractivity contribution in [3.05, 3.63) is 0 Å². The van der Waals surface area contributed by atoms with Gasteiger partial charge < -0.3 is 21.4 Å². The molecule has 0 aromatic heterocycles. The number of carbonyl (C=O) groups excluding carboxylic acids is 1. The number of amides is 1. The second-order valence-electron chi connectivity index (χ2n) is 10.8. The fourth-order valence-corrected chi connectivity index (χ4v) is 24.8. The van der Waals surface area contributed by atoms with E-state index in [1.807, 2.05) is 19.6 Å². The highest BCUT2D eigenvalue weighted by atomic mass is 28.5. The van der Waals surface area contributed by atoms with Gasteiger partial charge in [0, 0.05) is 20.7 Å². The molecular formula is C20H44F3NO5Si5. The fourth-order valence-electron chi connectivity index (χ4n) is 5.07. The van der Waals surface area contributed by atoms with Gasteiger partial charge in [-0.05, 0) is 51.5 Å². The van der Waals surface area contributed by atoms with Crippen molar-refractivity contribution in [2.24, 2.45) is 0 Å². The lowest BCUT2D eigenvalue weighted by atomic mass is 9.94. The number of rotatable bonds is 9. The van der Waals surface area contributed by atoms with Crippen LogP contribution in [-0.4, -0.2) is 74.1 Å². The Bertz CT molecular complexity index is 641.